The first-order chi connectivity index (χ1) is 16.3. The summed E-state index contributed by atoms with van der Waals surface area (Å²) in [4.78, 5) is 0. The van der Waals surface area contributed by atoms with E-state index in [1.807, 2.05) is 0 Å². The molecule has 0 unspecified atom stereocenters. The molecule has 1 nitrogen and oxygen atoms in total. The van der Waals surface area contributed by atoms with E-state index >= 15 is 0 Å². The molecule has 0 bridgehead atoms. The lowest BCUT2D eigenvalue weighted by atomic mass is 9.98. The predicted octanol–water partition coefficient (Wildman–Crippen LogP) is 7.97. The summed E-state index contributed by atoms with van der Waals surface area (Å²) in [5.41, 5.74) is 0. The van der Waals surface area contributed by atoms with Crippen LogP contribution in [-0.4, -0.2) is 64.4 Å². The first-order valence-electron chi connectivity index (χ1n) is 8.07. The third-order valence-electron chi connectivity index (χ3n) is 4.00. The molecule has 0 aliphatic heterocycles. The monoisotopic (exact) mass is 638 g/mol. The topological polar surface area (TPSA) is 17.1 Å². The molecule has 226 valence electrons. The maximum atomic E-state index is 13.3. The van der Waals surface area contributed by atoms with Crippen LogP contribution in [0.25, 0.3) is 0 Å². The van der Waals surface area contributed by atoms with Crippen molar-refractivity contribution in [3.63, 3.8) is 0 Å². The molecule has 0 fully saturated rings. The summed E-state index contributed by atoms with van der Waals surface area (Å²) in [6, 6.07) is 0. The molecule has 0 aliphatic rings. The van der Waals surface area contributed by atoms with Crippen molar-refractivity contribution in [2.24, 2.45) is 0 Å². The smallest absolute Gasteiger partial charge is 0.250 e. The van der Waals surface area contributed by atoms with Crippen molar-refractivity contribution in [2.75, 3.05) is 0 Å². The Balaban J connectivity index is 6.52. The number of allylic oxidation sites excluding steroid dienone is 2. The molecule has 0 N–H and O–H groups in total. The number of rotatable bonds is 12. The SMILES string of the molecule is O=S(C=C(F)C(F)(F)C(F)(F)C(F)(F)C(F)(F)C(F)F)C=C(F)C(F)(F)C(F)(F)C(F)(F)C(F)(F)C(F)F. The molecule has 0 aromatic carbocycles. The van der Waals surface area contributed by atoms with Crippen molar-refractivity contribution in [1.82, 2.24) is 0 Å². The standard InChI is InChI=1S/C14H4F22OS/c15-3(7(21,22)11(29,30)13(33,34)9(25,26)5(17)18)1-38(37)2-4(16)8(23,24)12(31,32)14(35,36)10(27,28)6(19)20/h1-2,5-6H. The van der Waals surface area contributed by atoms with Gasteiger partial charge in [-0.3, -0.25) is 4.21 Å². The third kappa shape index (κ3) is 5.28. The molecule has 0 aromatic rings. The van der Waals surface area contributed by atoms with Gasteiger partial charge in [-0.1, -0.05) is 0 Å². The molecule has 0 atom stereocenters. The van der Waals surface area contributed by atoms with Gasteiger partial charge in [-0.15, -0.1) is 0 Å². The van der Waals surface area contributed by atoms with Gasteiger partial charge in [0, 0.05) is 10.8 Å². The highest BCUT2D eigenvalue weighted by atomic mass is 32.2. The fourth-order valence-electron chi connectivity index (χ4n) is 1.77. The lowest BCUT2D eigenvalue weighted by Gasteiger charge is -2.35. The Morgan fingerprint density at radius 2 is 0.684 bits per heavy atom. The van der Waals surface area contributed by atoms with Gasteiger partial charge in [0.15, 0.2) is 11.7 Å². The molecular formula is C14H4F22OS. The van der Waals surface area contributed by atoms with Crippen LogP contribution in [0.15, 0.2) is 22.5 Å². The van der Waals surface area contributed by atoms with E-state index in [1.165, 1.54) is 0 Å². The maximum Gasteiger partial charge on any atom is 0.385 e. The highest BCUT2D eigenvalue weighted by Crippen LogP contribution is 2.58. The van der Waals surface area contributed by atoms with Crippen LogP contribution >= 0.6 is 0 Å². The number of hydrogen-bond donors (Lipinski definition) is 0. The molecule has 0 rings (SSSR count). The van der Waals surface area contributed by atoms with Gasteiger partial charge in [0.05, 0.1) is 10.8 Å². The van der Waals surface area contributed by atoms with E-state index in [4.69, 9.17) is 0 Å². The summed E-state index contributed by atoms with van der Waals surface area (Å²) in [6.07, 6.45) is -11.6. The van der Waals surface area contributed by atoms with Crippen molar-refractivity contribution in [1.29, 1.82) is 0 Å². The largest absolute Gasteiger partial charge is 0.385 e. The second kappa shape index (κ2) is 10.2. The van der Waals surface area contributed by atoms with Crippen molar-refractivity contribution in [3.8, 4) is 0 Å². The van der Waals surface area contributed by atoms with Gasteiger partial charge in [0.2, 0.25) is 0 Å². The summed E-state index contributed by atoms with van der Waals surface area (Å²) >= 11 is 0. The van der Waals surface area contributed by atoms with Gasteiger partial charge in [0.1, 0.15) is 0 Å². The van der Waals surface area contributed by atoms with Crippen LogP contribution in [0.5, 0.6) is 0 Å². The highest BCUT2D eigenvalue weighted by Gasteiger charge is 2.85. The average Bonchev–Trinajstić information content (AvgIpc) is 2.71. The Bertz CT molecular complexity index is 872. The minimum Gasteiger partial charge on any atom is -0.250 e. The lowest BCUT2D eigenvalue weighted by molar-refractivity contribution is -0.378. The first-order valence-corrected chi connectivity index (χ1v) is 9.34. The molecule has 0 heterocycles. The quantitative estimate of drug-likeness (QED) is 0.198. The van der Waals surface area contributed by atoms with E-state index in [9.17, 15) is 101 Å². The second-order valence-corrected chi connectivity index (χ2v) is 7.68. The van der Waals surface area contributed by atoms with Crippen LogP contribution in [0.3, 0.4) is 0 Å². The normalized spacial score (nSPS) is 17.5. The number of halogens is 22. The molecular weight excluding hydrogens is 634 g/mol. The zero-order valence-electron chi connectivity index (χ0n) is 16.4. The molecule has 0 spiro atoms. The van der Waals surface area contributed by atoms with Crippen molar-refractivity contribution in [3.05, 3.63) is 22.5 Å². The van der Waals surface area contributed by atoms with E-state index in [-0.39, 0.29) is 0 Å². The van der Waals surface area contributed by atoms with Crippen molar-refractivity contribution >= 4 is 10.8 Å². The molecule has 24 heteroatoms. The molecule has 0 aromatic heterocycles. The molecule has 0 saturated carbocycles. The molecule has 0 amide bonds. The van der Waals surface area contributed by atoms with Crippen molar-refractivity contribution in [2.45, 2.75) is 60.2 Å². The van der Waals surface area contributed by atoms with Gasteiger partial charge >= 0.3 is 60.2 Å². The summed E-state index contributed by atoms with van der Waals surface area (Å²) in [6.45, 7) is 0. The Morgan fingerprint density at radius 3 is 0.868 bits per heavy atom. The van der Waals surface area contributed by atoms with E-state index in [2.05, 4.69) is 0 Å². The summed E-state index contributed by atoms with van der Waals surface area (Å²) in [5.74, 6) is -69.9. The van der Waals surface area contributed by atoms with Crippen LogP contribution in [0.1, 0.15) is 0 Å². The Morgan fingerprint density at radius 1 is 0.474 bits per heavy atom. The molecule has 0 radical (unpaired) electrons. The third-order valence-corrected chi connectivity index (χ3v) is 4.88. The molecule has 38 heavy (non-hydrogen) atoms. The number of hydrogen-bond acceptors (Lipinski definition) is 1. The van der Waals surface area contributed by atoms with E-state index in [1.54, 1.807) is 0 Å². The second-order valence-electron chi connectivity index (χ2n) is 6.55. The van der Waals surface area contributed by atoms with Gasteiger partial charge in [-0.2, -0.15) is 70.2 Å². The van der Waals surface area contributed by atoms with Crippen LogP contribution < -0.4 is 0 Å². The highest BCUT2D eigenvalue weighted by molar-refractivity contribution is 7.90. The summed E-state index contributed by atoms with van der Waals surface area (Å²) in [5, 5.41) is -3.82. The first kappa shape index (κ1) is 36.1. The average molecular weight is 638 g/mol. The zero-order chi connectivity index (χ0) is 31.3. The minimum atomic E-state index is -7.91. The molecule has 0 aliphatic carbocycles. The lowest BCUT2D eigenvalue weighted by Crippen LogP contribution is -2.64. The predicted molar refractivity (Wildman–Crippen MR) is 78.1 cm³/mol. The molecule has 0 saturated heterocycles. The zero-order valence-corrected chi connectivity index (χ0v) is 17.3. The van der Waals surface area contributed by atoms with Gasteiger partial charge < -0.3 is 0 Å². The Kier molecular flexibility index (Phi) is 9.73. The van der Waals surface area contributed by atoms with E-state index < -0.39 is 93.5 Å². The van der Waals surface area contributed by atoms with Crippen LogP contribution in [0.2, 0.25) is 0 Å². The van der Waals surface area contributed by atoms with Crippen LogP contribution in [-0.2, 0) is 10.8 Å². The Hall–Kier alpha value is -1.91. The fourth-order valence-corrected chi connectivity index (χ4v) is 2.54. The fraction of sp³-hybridized carbons (Fsp3) is 0.714. The van der Waals surface area contributed by atoms with Crippen molar-refractivity contribution < 1.29 is 101 Å². The van der Waals surface area contributed by atoms with Gasteiger partial charge in [0.25, 0.3) is 0 Å². The maximum absolute atomic E-state index is 13.3. The van der Waals surface area contributed by atoms with Gasteiger partial charge in [-0.05, 0) is 0 Å². The minimum absolute atomic E-state index is 1.91. The van der Waals surface area contributed by atoms with E-state index in [0.29, 0.717) is 0 Å². The van der Waals surface area contributed by atoms with Crippen LogP contribution in [0, 0.1) is 0 Å². The van der Waals surface area contributed by atoms with E-state index in [0.717, 1.165) is 0 Å². The van der Waals surface area contributed by atoms with Crippen LogP contribution in [0.4, 0.5) is 96.6 Å². The summed E-state index contributed by atoms with van der Waals surface area (Å²) < 4.78 is 294. The number of alkyl halides is 20. The van der Waals surface area contributed by atoms with Gasteiger partial charge in [-0.25, -0.2) is 26.3 Å². The summed E-state index contributed by atoms with van der Waals surface area (Å²) in [7, 11) is -4.72. The Labute approximate surface area is 195 Å².